The molecule has 0 saturated carbocycles. The van der Waals surface area contributed by atoms with Gasteiger partial charge in [-0.05, 0) is 27.6 Å². The van der Waals surface area contributed by atoms with Crippen molar-refractivity contribution in [3.05, 3.63) is 20.3 Å². The lowest BCUT2D eigenvalue weighted by Crippen LogP contribution is -2.37. The van der Waals surface area contributed by atoms with E-state index in [9.17, 15) is 0 Å². The summed E-state index contributed by atoms with van der Waals surface area (Å²) in [6.45, 7) is 6.44. The van der Waals surface area contributed by atoms with E-state index in [0.29, 0.717) is 0 Å². The molecule has 13 heavy (non-hydrogen) atoms. The number of hydrogen-bond donors (Lipinski definition) is 2. The average Bonchev–Trinajstić information content (AvgIpc) is 2.36. The first kappa shape index (κ1) is 9.65. The fraction of sp³-hybridized carbons (Fsp3) is 0.556. The lowest BCUT2D eigenvalue weighted by Gasteiger charge is -2.21. The Bertz CT molecular complexity index is 319. The third-order valence-corrected chi connectivity index (χ3v) is 4.37. The summed E-state index contributed by atoms with van der Waals surface area (Å²) in [5.74, 6) is 0. The van der Waals surface area contributed by atoms with Gasteiger partial charge in [0, 0.05) is 23.4 Å². The van der Waals surface area contributed by atoms with E-state index in [1.165, 1.54) is 14.2 Å². The van der Waals surface area contributed by atoms with Gasteiger partial charge in [-0.3, -0.25) is 10.9 Å². The Morgan fingerprint density at radius 3 is 3.00 bits per heavy atom. The van der Waals surface area contributed by atoms with E-state index in [1.807, 2.05) is 11.3 Å². The first-order chi connectivity index (χ1) is 6.09. The van der Waals surface area contributed by atoms with Gasteiger partial charge in [-0.1, -0.05) is 13.8 Å². The number of rotatable bonds is 0. The van der Waals surface area contributed by atoms with Crippen LogP contribution in [0.3, 0.4) is 0 Å². The summed E-state index contributed by atoms with van der Waals surface area (Å²) in [6.07, 6.45) is 0. The molecule has 1 aromatic rings. The lowest BCUT2D eigenvalue weighted by molar-refractivity contribution is 0.446. The maximum Gasteiger partial charge on any atom is 0.0704 e. The third kappa shape index (κ3) is 1.81. The van der Waals surface area contributed by atoms with Crippen molar-refractivity contribution in [3.8, 4) is 0 Å². The van der Waals surface area contributed by atoms with Crippen LogP contribution in [0.15, 0.2) is 9.85 Å². The molecule has 0 atom stereocenters. The number of thiophene rings is 1. The quantitative estimate of drug-likeness (QED) is 0.749. The SMILES string of the molecule is CC1(C)CNNCc2cc(Br)sc21. The van der Waals surface area contributed by atoms with Crippen molar-refractivity contribution in [2.75, 3.05) is 6.54 Å². The standard InChI is InChI=1S/C9H13BrN2S/c1-9(2)5-12-11-4-6-3-7(10)13-8(6)9/h3,11-12H,4-5H2,1-2H3. The van der Waals surface area contributed by atoms with Crippen LogP contribution < -0.4 is 10.9 Å². The van der Waals surface area contributed by atoms with Crippen LogP contribution in [0.1, 0.15) is 24.3 Å². The Morgan fingerprint density at radius 1 is 1.46 bits per heavy atom. The summed E-state index contributed by atoms with van der Waals surface area (Å²) in [5.41, 5.74) is 8.08. The molecule has 0 saturated heterocycles. The summed E-state index contributed by atoms with van der Waals surface area (Å²) >= 11 is 5.39. The molecule has 1 aliphatic rings. The van der Waals surface area contributed by atoms with Crippen LogP contribution >= 0.6 is 27.3 Å². The molecule has 4 heteroatoms. The van der Waals surface area contributed by atoms with Gasteiger partial charge in [0.05, 0.1) is 3.79 Å². The highest BCUT2D eigenvalue weighted by molar-refractivity contribution is 9.11. The van der Waals surface area contributed by atoms with E-state index >= 15 is 0 Å². The van der Waals surface area contributed by atoms with Crippen LogP contribution in [0.25, 0.3) is 0 Å². The van der Waals surface area contributed by atoms with Crippen molar-refractivity contribution >= 4 is 27.3 Å². The van der Waals surface area contributed by atoms with Crippen molar-refractivity contribution in [1.29, 1.82) is 0 Å². The van der Waals surface area contributed by atoms with E-state index in [-0.39, 0.29) is 5.41 Å². The molecule has 2 N–H and O–H groups in total. The number of halogens is 1. The van der Waals surface area contributed by atoms with Crippen molar-refractivity contribution in [2.24, 2.45) is 0 Å². The summed E-state index contributed by atoms with van der Waals surface area (Å²) in [4.78, 5) is 1.48. The molecule has 2 nitrogen and oxygen atoms in total. The van der Waals surface area contributed by atoms with Crippen LogP contribution in [0, 0.1) is 0 Å². The average molecular weight is 261 g/mol. The smallest absolute Gasteiger partial charge is 0.0704 e. The van der Waals surface area contributed by atoms with Crippen LogP contribution in [-0.4, -0.2) is 6.54 Å². The zero-order chi connectivity index (χ0) is 9.47. The minimum atomic E-state index is 0.232. The molecule has 0 spiro atoms. The van der Waals surface area contributed by atoms with Crippen LogP contribution in [0.5, 0.6) is 0 Å². The topological polar surface area (TPSA) is 24.1 Å². The number of hydrogen-bond acceptors (Lipinski definition) is 3. The first-order valence-electron chi connectivity index (χ1n) is 4.34. The van der Waals surface area contributed by atoms with E-state index in [4.69, 9.17) is 0 Å². The Hall–Kier alpha value is 0.1000. The zero-order valence-electron chi connectivity index (χ0n) is 7.78. The predicted molar refractivity (Wildman–Crippen MR) is 59.9 cm³/mol. The summed E-state index contributed by atoms with van der Waals surface area (Å²) in [5, 5.41) is 0. The molecule has 0 radical (unpaired) electrons. The van der Waals surface area contributed by atoms with E-state index in [2.05, 4.69) is 46.7 Å². The van der Waals surface area contributed by atoms with Crippen LogP contribution in [0.4, 0.5) is 0 Å². The predicted octanol–water partition coefficient (Wildman–Crippen LogP) is 2.40. The molecule has 72 valence electrons. The molecule has 0 bridgehead atoms. The fourth-order valence-corrected chi connectivity index (χ4v) is 3.39. The van der Waals surface area contributed by atoms with Crippen molar-refractivity contribution in [1.82, 2.24) is 10.9 Å². The molecular weight excluding hydrogens is 248 g/mol. The van der Waals surface area contributed by atoms with Crippen molar-refractivity contribution in [3.63, 3.8) is 0 Å². The highest BCUT2D eigenvalue weighted by atomic mass is 79.9. The molecule has 1 aromatic heterocycles. The van der Waals surface area contributed by atoms with Gasteiger partial charge in [-0.25, -0.2) is 0 Å². The van der Waals surface area contributed by atoms with E-state index in [0.717, 1.165) is 13.1 Å². The fourth-order valence-electron chi connectivity index (χ4n) is 1.62. The normalized spacial score (nSPS) is 20.8. The Kier molecular flexibility index (Phi) is 2.49. The highest BCUT2D eigenvalue weighted by Crippen LogP contribution is 2.36. The summed E-state index contributed by atoms with van der Waals surface area (Å²) < 4.78 is 1.23. The second kappa shape index (κ2) is 3.35. The first-order valence-corrected chi connectivity index (χ1v) is 5.95. The summed E-state index contributed by atoms with van der Waals surface area (Å²) in [6, 6.07) is 2.21. The molecule has 0 aromatic carbocycles. The van der Waals surface area contributed by atoms with Crippen molar-refractivity contribution < 1.29 is 0 Å². The maximum absolute atomic E-state index is 3.54. The van der Waals surface area contributed by atoms with Crippen LogP contribution in [-0.2, 0) is 12.0 Å². The molecular formula is C9H13BrN2S. The van der Waals surface area contributed by atoms with Gasteiger partial charge in [-0.15, -0.1) is 11.3 Å². The van der Waals surface area contributed by atoms with Gasteiger partial charge in [0.2, 0.25) is 0 Å². The van der Waals surface area contributed by atoms with Gasteiger partial charge in [0.25, 0.3) is 0 Å². The van der Waals surface area contributed by atoms with Gasteiger partial charge >= 0.3 is 0 Å². The molecule has 2 heterocycles. The number of fused-ring (bicyclic) bond motifs is 1. The second-order valence-electron chi connectivity index (χ2n) is 4.00. The molecule has 2 rings (SSSR count). The molecule has 0 unspecified atom stereocenters. The number of hydrazine groups is 1. The Balaban J connectivity index is 2.47. The van der Waals surface area contributed by atoms with Gasteiger partial charge in [0.15, 0.2) is 0 Å². The van der Waals surface area contributed by atoms with Gasteiger partial charge in [0.1, 0.15) is 0 Å². The minimum absolute atomic E-state index is 0.232. The summed E-state index contributed by atoms with van der Waals surface area (Å²) in [7, 11) is 0. The van der Waals surface area contributed by atoms with Gasteiger partial charge in [-0.2, -0.15) is 0 Å². The zero-order valence-corrected chi connectivity index (χ0v) is 10.2. The molecule has 1 aliphatic heterocycles. The molecule has 0 aliphatic carbocycles. The Labute approximate surface area is 90.8 Å². The van der Waals surface area contributed by atoms with Crippen molar-refractivity contribution in [2.45, 2.75) is 25.8 Å². The van der Waals surface area contributed by atoms with E-state index < -0.39 is 0 Å². The van der Waals surface area contributed by atoms with Crippen LogP contribution in [0.2, 0.25) is 0 Å². The molecule has 0 amide bonds. The highest BCUT2D eigenvalue weighted by Gasteiger charge is 2.27. The van der Waals surface area contributed by atoms with Gasteiger partial charge < -0.3 is 0 Å². The Morgan fingerprint density at radius 2 is 2.23 bits per heavy atom. The van der Waals surface area contributed by atoms with E-state index in [1.54, 1.807) is 0 Å². The lowest BCUT2D eigenvalue weighted by atomic mass is 9.90. The monoisotopic (exact) mass is 260 g/mol. The largest absolute Gasteiger partial charge is 0.257 e. The third-order valence-electron chi connectivity index (χ3n) is 2.33. The number of nitrogens with one attached hydrogen (secondary N) is 2. The molecule has 0 fully saturated rings. The second-order valence-corrected chi connectivity index (χ2v) is 6.43. The maximum atomic E-state index is 3.54. The minimum Gasteiger partial charge on any atom is -0.257 e.